The molecule has 2 rings (SSSR count). The van der Waals surface area contributed by atoms with Gasteiger partial charge in [-0.1, -0.05) is 36.3 Å². The second-order valence-electron chi connectivity index (χ2n) is 5.45. The molecule has 2 aromatic rings. The molecule has 2 aromatic carbocycles. The predicted octanol–water partition coefficient (Wildman–Crippen LogP) is 3.01. The van der Waals surface area contributed by atoms with Crippen LogP contribution in [0.5, 0.6) is 5.75 Å². The average molecular weight is 320 g/mol. The number of carbonyl (C=O) groups excluding carboxylic acids is 1. The Morgan fingerprint density at radius 3 is 2.83 bits per heavy atom. The Kier molecular flexibility index (Phi) is 6.16. The maximum Gasteiger partial charge on any atom is 0.244 e. The Morgan fingerprint density at radius 1 is 1.25 bits per heavy atom. The zero-order valence-electron chi connectivity index (χ0n) is 13.9. The molecule has 122 valence electrons. The number of terminal acetylenes is 1. The highest BCUT2D eigenvalue weighted by molar-refractivity contribution is 5.83. The number of amides is 1. The van der Waals surface area contributed by atoms with E-state index < -0.39 is 0 Å². The molecule has 0 radical (unpaired) electrons. The molecule has 0 aliphatic rings. The van der Waals surface area contributed by atoms with Gasteiger partial charge < -0.3 is 4.74 Å². The summed E-state index contributed by atoms with van der Waals surface area (Å²) in [5, 5.41) is 3.98. The van der Waals surface area contributed by atoms with Gasteiger partial charge in [-0.05, 0) is 48.2 Å². The van der Waals surface area contributed by atoms with Crippen molar-refractivity contribution in [2.45, 2.75) is 20.3 Å². The summed E-state index contributed by atoms with van der Waals surface area (Å²) in [6.07, 6.45) is 7.03. The first-order chi connectivity index (χ1) is 11.6. The van der Waals surface area contributed by atoms with E-state index >= 15 is 0 Å². The van der Waals surface area contributed by atoms with Crippen LogP contribution < -0.4 is 10.2 Å². The van der Waals surface area contributed by atoms with E-state index in [2.05, 4.69) is 16.4 Å². The molecule has 0 fully saturated rings. The number of ether oxygens (including phenoxy) is 1. The SMILES string of the molecule is C#CCOc1cccc(/C=N\NC(=O)Cc2ccc(C)c(C)c2)c1. The van der Waals surface area contributed by atoms with Gasteiger partial charge in [0.05, 0.1) is 12.6 Å². The van der Waals surface area contributed by atoms with Crippen LogP contribution in [0.4, 0.5) is 0 Å². The molecular formula is C20H20N2O2. The lowest BCUT2D eigenvalue weighted by Crippen LogP contribution is -2.19. The third-order valence-electron chi connectivity index (χ3n) is 3.52. The fourth-order valence-corrected chi connectivity index (χ4v) is 2.13. The molecular weight excluding hydrogens is 300 g/mol. The quantitative estimate of drug-likeness (QED) is 0.505. The van der Waals surface area contributed by atoms with E-state index in [1.165, 1.54) is 11.1 Å². The highest BCUT2D eigenvalue weighted by Gasteiger charge is 2.03. The monoisotopic (exact) mass is 320 g/mol. The van der Waals surface area contributed by atoms with Crippen LogP contribution in [0.25, 0.3) is 0 Å². The van der Waals surface area contributed by atoms with Gasteiger partial charge in [-0.25, -0.2) is 5.43 Å². The minimum atomic E-state index is -0.158. The zero-order valence-corrected chi connectivity index (χ0v) is 13.9. The molecule has 0 saturated carbocycles. The van der Waals surface area contributed by atoms with Gasteiger partial charge in [0.1, 0.15) is 12.4 Å². The van der Waals surface area contributed by atoms with Crippen molar-refractivity contribution >= 4 is 12.1 Å². The zero-order chi connectivity index (χ0) is 17.4. The highest BCUT2D eigenvalue weighted by atomic mass is 16.5. The van der Waals surface area contributed by atoms with Crippen molar-refractivity contribution in [3.63, 3.8) is 0 Å². The number of benzene rings is 2. The molecule has 0 spiro atoms. The maximum absolute atomic E-state index is 11.9. The third-order valence-corrected chi connectivity index (χ3v) is 3.52. The van der Waals surface area contributed by atoms with Gasteiger partial charge in [-0.2, -0.15) is 5.10 Å². The van der Waals surface area contributed by atoms with Crippen molar-refractivity contribution in [1.82, 2.24) is 5.43 Å². The smallest absolute Gasteiger partial charge is 0.244 e. The van der Waals surface area contributed by atoms with Crippen LogP contribution in [-0.4, -0.2) is 18.7 Å². The van der Waals surface area contributed by atoms with Gasteiger partial charge in [-0.15, -0.1) is 6.42 Å². The van der Waals surface area contributed by atoms with Crippen LogP contribution in [0.3, 0.4) is 0 Å². The highest BCUT2D eigenvalue weighted by Crippen LogP contribution is 2.12. The molecule has 0 bridgehead atoms. The molecule has 1 amide bonds. The third kappa shape index (κ3) is 5.29. The van der Waals surface area contributed by atoms with E-state index in [1.807, 2.05) is 50.2 Å². The Balaban J connectivity index is 1.90. The minimum Gasteiger partial charge on any atom is -0.481 e. The number of aryl methyl sites for hydroxylation is 2. The van der Waals surface area contributed by atoms with Crippen molar-refractivity contribution in [2.75, 3.05) is 6.61 Å². The minimum absolute atomic E-state index is 0.158. The van der Waals surface area contributed by atoms with Gasteiger partial charge >= 0.3 is 0 Å². The van der Waals surface area contributed by atoms with E-state index in [1.54, 1.807) is 12.3 Å². The van der Waals surface area contributed by atoms with Gasteiger partial charge in [0, 0.05) is 0 Å². The van der Waals surface area contributed by atoms with Gasteiger partial charge in [-0.3, -0.25) is 4.79 Å². The van der Waals surface area contributed by atoms with Crippen molar-refractivity contribution in [2.24, 2.45) is 5.10 Å². The lowest BCUT2D eigenvalue weighted by molar-refractivity contribution is -0.120. The van der Waals surface area contributed by atoms with E-state index in [9.17, 15) is 4.79 Å². The summed E-state index contributed by atoms with van der Waals surface area (Å²) < 4.78 is 5.34. The van der Waals surface area contributed by atoms with Crippen molar-refractivity contribution in [1.29, 1.82) is 0 Å². The van der Waals surface area contributed by atoms with E-state index in [0.29, 0.717) is 12.2 Å². The van der Waals surface area contributed by atoms with E-state index in [4.69, 9.17) is 11.2 Å². The van der Waals surface area contributed by atoms with Crippen LogP contribution in [0.1, 0.15) is 22.3 Å². The predicted molar refractivity (Wildman–Crippen MR) is 96.1 cm³/mol. The topological polar surface area (TPSA) is 50.7 Å². The summed E-state index contributed by atoms with van der Waals surface area (Å²) in [6.45, 7) is 4.29. The Labute approximate surface area is 142 Å². The summed E-state index contributed by atoms with van der Waals surface area (Å²) in [7, 11) is 0. The van der Waals surface area contributed by atoms with Crippen LogP contribution in [-0.2, 0) is 11.2 Å². The number of nitrogens with zero attached hydrogens (tertiary/aromatic N) is 1. The summed E-state index contributed by atoms with van der Waals surface area (Å²) in [5.41, 5.74) is 6.70. The molecule has 0 aliphatic heterocycles. The van der Waals surface area contributed by atoms with Crippen LogP contribution in [0, 0.1) is 26.2 Å². The van der Waals surface area contributed by atoms with Gasteiger partial charge in [0.15, 0.2) is 0 Å². The molecule has 0 saturated heterocycles. The molecule has 0 heterocycles. The lowest BCUT2D eigenvalue weighted by atomic mass is 10.0. The largest absolute Gasteiger partial charge is 0.481 e. The standard InChI is InChI=1S/C20H20N2O2/c1-4-10-24-19-7-5-6-18(12-19)14-21-22-20(23)13-17-9-8-15(2)16(3)11-17/h1,5-9,11-12,14H,10,13H2,2-3H3,(H,22,23)/b21-14-. The molecule has 4 nitrogen and oxygen atoms in total. The molecule has 0 unspecified atom stereocenters. The molecule has 0 atom stereocenters. The number of rotatable bonds is 6. The first kappa shape index (κ1) is 17.3. The van der Waals surface area contributed by atoms with E-state index in [0.717, 1.165) is 11.1 Å². The van der Waals surface area contributed by atoms with Crippen LogP contribution in [0.2, 0.25) is 0 Å². The van der Waals surface area contributed by atoms with Gasteiger partial charge in [0.25, 0.3) is 0 Å². The van der Waals surface area contributed by atoms with Gasteiger partial charge in [0.2, 0.25) is 5.91 Å². The van der Waals surface area contributed by atoms with Crippen LogP contribution in [0.15, 0.2) is 47.6 Å². The molecule has 1 N–H and O–H groups in total. The molecule has 0 aliphatic carbocycles. The molecule has 24 heavy (non-hydrogen) atoms. The summed E-state index contributed by atoms with van der Waals surface area (Å²) in [5.74, 6) is 2.92. The number of hydrogen-bond donors (Lipinski definition) is 1. The maximum atomic E-state index is 11.9. The number of hydrazone groups is 1. The summed E-state index contributed by atoms with van der Waals surface area (Å²) in [4.78, 5) is 11.9. The van der Waals surface area contributed by atoms with Crippen LogP contribution >= 0.6 is 0 Å². The lowest BCUT2D eigenvalue weighted by Gasteiger charge is -2.05. The average Bonchev–Trinajstić information content (AvgIpc) is 2.57. The summed E-state index contributed by atoms with van der Waals surface area (Å²) in [6, 6.07) is 13.3. The fourth-order valence-electron chi connectivity index (χ4n) is 2.13. The summed E-state index contributed by atoms with van der Waals surface area (Å²) >= 11 is 0. The molecule has 4 heteroatoms. The first-order valence-electron chi connectivity index (χ1n) is 7.63. The van der Waals surface area contributed by atoms with E-state index in [-0.39, 0.29) is 12.5 Å². The molecule has 0 aromatic heterocycles. The van der Waals surface area contributed by atoms with Crippen molar-refractivity contribution in [3.05, 3.63) is 64.7 Å². The normalized spacial score (nSPS) is 10.4. The van der Waals surface area contributed by atoms with Crippen molar-refractivity contribution < 1.29 is 9.53 Å². The Hall–Kier alpha value is -3.06. The first-order valence-corrected chi connectivity index (χ1v) is 7.63. The second-order valence-corrected chi connectivity index (χ2v) is 5.45. The second kappa shape index (κ2) is 8.54. The number of hydrogen-bond acceptors (Lipinski definition) is 3. The number of nitrogens with one attached hydrogen (secondary N) is 1. The fraction of sp³-hybridized carbons (Fsp3) is 0.200. The number of carbonyl (C=O) groups is 1. The Bertz CT molecular complexity index is 788. The Morgan fingerprint density at radius 2 is 2.08 bits per heavy atom. The van der Waals surface area contributed by atoms with Crippen molar-refractivity contribution in [3.8, 4) is 18.1 Å².